The van der Waals surface area contributed by atoms with E-state index in [1.165, 1.54) is 19.3 Å². The van der Waals surface area contributed by atoms with Gasteiger partial charge in [-0.2, -0.15) is 5.10 Å². The fourth-order valence-corrected chi connectivity index (χ4v) is 5.82. The summed E-state index contributed by atoms with van der Waals surface area (Å²) in [5.74, 6) is 0.435. The van der Waals surface area contributed by atoms with Gasteiger partial charge >= 0.3 is 0 Å². The number of carbonyl (C=O) groups excluding carboxylic acids is 2. The summed E-state index contributed by atoms with van der Waals surface area (Å²) in [5.41, 5.74) is 2.74. The zero-order valence-electron chi connectivity index (χ0n) is 19.9. The number of benzene rings is 1. The van der Waals surface area contributed by atoms with Crippen molar-refractivity contribution in [2.75, 3.05) is 13.1 Å². The average molecular weight is 489 g/mol. The van der Waals surface area contributed by atoms with Crippen molar-refractivity contribution in [3.8, 4) is 16.3 Å². The predicted octanol–water partition coefficient (Wildman–Crippen LogP) is 5.30. The van der Waals surface area contributed by atoms with Crippen molar-refractivity contribution in [3.63, 3.8) is 0 Å². The van der Waals surface area contributed by atoms with Gasteiger partial charge in [0.25, 0.3) is 0 Å². The molecule has 3 heterocycles. The third-order valence-corrected chi connectivity index (χ3v) is 7.92. The monoisotopic (exact) mass is 488 g/mol. The fourth-order valence-electron chi connectivity index (χ4n) is 5.09. The molecule has 5 rings (SSSR count). The molecule has 182 valence electrons. The fraction of sp³-hybridized carbons (Fsp3) is 0.393. The van der Waals surface area contributed by atoms with Gasteiger partial charge in [0.1, 0.15) is 5.69 Å². The van der Waals surface area contributed by atoms with Crippen molar-refractivity contribution in [2.45, 2.75) is 51.0 Å². The maximum atomic E-state index is 12.8. The van der Waals surface area contributed by atoms with Crippen LogP contribution in [0.25, 0.3) is 22.3 Å². The van der Waals surface area contributed by atoms with Crippen LogP contribution in [-0.2, 0) is 9.59 Å². The van der Waals surface area contributed by atoms with E-state index in [0.29, 0.717) is 5.91 Å². The zero-order valence-corrected chi connectivity index (χ0v) is 20.8. The summed E-state index contributed by atoms with van der Waals surface area (Å²) in [7, 11) is 0. The Labute approximate surface area is 210 Å². The van der Waals surface area contributed by atoms with Crippen molar-refractivity contribution >= 4 is 29.2 Å². The first kappa shape index (κ1) is 23.5. The molecule has 6 nitrogen and oxygen atoms in total. The number of rotatable bonds is 6. The Kier molecular flexibility index (Phi) is 7.42. The number of carbonyl (C=O) groups is 2. The zero-order chi connectivity index (χ0) is 24.0. The Bertz CT molecular complexity index is 1160. The minimum atomic E-state index is -0.105. The van der Waals surface area contributed by atoms with Crippen molar-refractivity contribution < 1.29 is 9.59 Å². The standard InChI is InChI=1S/C28H32N4O2S/c33-26(29-23-15-17-31(18-16-23)28(34)21-8-3-1-4-9-21)14-13-22-20-32(24-10-5-2-6-11-24)30-27(22)25-12-7-19-35-25/h2,5-7,10-14,19-21,23H,1,3-4,8-9,15-18H2,(H,29,33). The van der Waals surface area contributed by atoms with Gasteiger partial charge in [0.15, 0.2) is 0 Å². The Morgan fingerprint density at radius 1 is 0.971 bits per heavy atom. The average Bonchev–Trinajstić information content (AvgIpc) is 3.59. The van der Waals surface area contributed by atoms with E-state index >= 15 is 0 Å². The van der Waals surface area contributed by atoms with E-state index in [0.717, 1.165) is 60.6 Å². The van der Waals surface area contributed by atoms with E-state index in [-0.39, 0.29) is 17.9 Å². The largest absolute Gasteiger partial charge is 0.350 e. The molecule has 0 radical (unpaired) electrons. The quantitative estimate of drug-likeness (QED) is 0.479. The number of hydrogen-bond donors (Lipinski definition) is 1. The van der Waals surface area contributed by atoms with Gasteiger partial charge in [-0.1, -0.05) is 43.5 Å². The molecule has 1 N–H and O–H groups in total. The van der Waals surface area contributed by atoms with E-state index < -0.39 is 0 Å². The van der Waals surface area contributed by atoms with Crippen LogP contribution in [0, 0.1) is 5.92 Å². The summed E-state index contributed by atoms with van der Waals surface area (Å²) in [5, 5.41) is 9.95. The first-order valence-corrected chi connectivity index (χ1v) is 13.5. The van der Waals surface area contributed by atoms with Crippen LogP contribution in [-0.4, -0.2) is 45.6 Å². The number of likely N-dealkylation sites (tertiary alicyclic amines) is 1. The first-order valence-electron chi connectivity index (χ1n) is 12.6. The molecule has 2 aliphatic rings. The summed E-state index contributed by atoms with van der Waals surface area (Å²) in [4.78, 5) is 28.6. The van der Waals surface area contributed by atoms with Gasteiger partial charge in [-0.25, -0.2) is 4.68 Å². The molecule has 3 aromatic rings. The second-order valence-electron chi connectivity index (χ2n) is 9.47. The van der Waals surface area contributed by atoms with Crippen LogP contribution in [0.1, 0.15) is 50.5 Å². The SMILES string of the molecule is O=C(C=Cc1cn(-c2ccccc2)nc1-c1cccs1)NC1CCN(C(=O)C2CCCCC2)CC1. The number of nitrogens with zero attached hydrogens (tertiary/aromatic N) is 3. The Morgan fingerprint density at radius 2 is 1.74 bits per heavy atom. The number of amides is 2. The van der Waals surface area contributed by atoms with E-state index in [1.807, 2.05) is 69.7 Å². The molecule has 2 aromatic heterocycles. The minimum Gasteiger partial charge on any atom is -0.350 e. The third kappa shape index (κ3) is 5.73. The highest BCUT2D eigenvalue weighted by atomic mass is 32.1. The van der Waals surface area contributed by atoms with Crippen LogP contribution in [0.15, 0.2) is 60.1 Å². The van der Waals surface area contributed by atoms with Crippen molar-refractivity contribution in [1.82, 2.24) is 20.0 Å². The Balaban J connectivity index is 1.20. The van der Waals surface area contributed by atoms with Gasteiger partial charge in [0.2, 0.25) is 11.8 Å². The van der Waals surface area contributed by atoms with E-state index in [1.54, 1.807) is 17.4 Å². The second-order valence-corrected chi connectivity index (χ2v) is 10.4. The molecule has 0 unspecified atom stereocenters. The molecule has 1 saturated carbocycles. The van der Waals surface area contributed by atoms with Crippen molar-refractivity contribution in [1.29, 1.82) is 0 Å². The van der Waals surface area contributed by atoms with E-state index in [9.17, 15) is 9.59 Å². The molecule has 1 aliphatic carbocycles. The van der Waals surface area contributed by atoms with Crippen molar-refractivity contribution in [3.05, 3.63) is 65.7 Å². The lowest BCUT2D eigenvalue weighted by Gasteiger charge is -2.35. The van der Waals surface area contributed by atoms with Gasteiger partial charge in [-0.05, 0) is 55.3 Å². The molecule has 2 fully saturated rings. The molecule has 0 bridgehead atoms. The molecule has 0 atom stereocenters. The Morgan fingerprint density at radius 3 is 2.46 bits per heavy atom. The Hall–Kier alpha value is -3.19. The van der Waals surface area contributed by atoms with Crippen LogP contribution in [0.5, 0.6) is 0 Å². The molecule has 0 spiro atoms. The van der Waals surface area contributed by atoms with Crippen LogP contribution in [0.3, 0.4) is 0 Å². The maximum absolute atomic E-state index is 12.8. The summed E-state index contributed by atoms with van der Waals surface area (Å²) in [6.07, 6.45) is 12.7. The highest BCUT2D eigenvalue weighted by Crippen LogP contribution is 2.29. The molecule has 1 aromatic carbocycles. The number of piperidine rings is 1. The highest BCUT2D eigenvalue weighted by Gasteiger charge is 2.29. The molecular weight excluding hydrogens is 456 g/mol. The molecule has 1 saturated heterocycles. The smallest absolute Gasteiger partial charge is 0.244 e. The number of aromatic nitrogens is 2. The lowest BCUT2D eigenvalue weighted by atomic mass is 9.87. The van der Waals surface area contributed by atoms with Gasteiger partial charge in [0.05, 0.1) is 10.6 Å². The number of nitrogens with one attached hydrogen (secondary N) is 1. The number of hydrogen-bond acceptors (Lipinski definition) is 4. The van der Waals surface area contributed by atoms with Crippen LogP contribution < -0.4 is 5.32 Å². The normalized spacial score (nSPS) is 17.7. The molecule has 7 heteroatoms. The summed E-state index contributed by atoms with van der Waals surface area (Å²) >= 11 is 1.63. The first-order chi connectivity index (χ1) is 17.2. The molecule has 1 aliphatic heterocycles. The number of para-hydroxylation sites is 1. The van der Waals surface area contributed by atoms with Crippen LogP contribution >= 0.6 is 11.3 Å². The number of thiophene rings is 1. The van der Waals surface area contributed by atoms with Gasteiger partial charge in [0, 0.05) is 42.9 Å². The van der Waals surface area contributed by atoms with Crippen LogP contribution in [0.2, 0.25) is 0 Å². The summed E-state index contributed by atoms with van der Waals surface area (Å²) < 4.78 is 1.85. The maximum Gasteiger partial charge on any atom is 0.244 e. The predicted molar refractivity (Wildman–Crippen MR) is 140 cm³/mol. The van der Waals surface area contributed by atoms with Crippen LogP contribution in [0.4, 0.5) is 0 Å². The van der Waals surface area contributed by atoms with E-state index in [4.69, 9.17) is 5.10 Å². The lowest BCUT2D eigenvalue weighted by Crippen LogP contribution is -2.48. The minimum absolute atomic E-state index is 0.103. The van der Waals surface area contributed by atoms with Gasteiger partial charge in [-0.15, -0.1) is 11.3 Å². The molecule has 2 amide bonds. The summed E-state index contributed by atoms with van der Waals surface area (Å²) in [6.45, 7) is 1.47. The van der Waals surface area contributed by atoms with Crippen molar-refractivity contribution in [2.24, 2.45) is 5.92 Å². The summed E-state index contributed by atoms with van der Waals surface area (Å²) in [6, 6.07) is 14.1. The third-order valence-electron chi connectivity index (χ3n) is 7.04. The van der Waals surface area contributed by atoms with E-state index in [2.05, 4.69) is 5.32 Å². The second kappa shape index (κ2) is 11.0. The topological polar surface area (TPSA) is 67.2 Å². The highest BCUT2D eigenvalue weighted by molar-refractivity contribution is 7.13. The lowest BCUT2D eigenvalue weighted by molar-refractivity contribution is -0.137. The molecular formula is C28H32N4O2S. The molecule has 35 heavy (non-hydrogen) atoms. The van der Waals surface area contributed by atoms with Gasteiger partial charge in [-0.3, -0.25) is 9.59 Å². The van der Waals surface area contributed by atoms with Gasteiger partial charge < -0.3 is 10.2 Å².